The molecule has 0 bridgehead atoms. The number of carbonyl (C=O) groups is 2. The van der Waals surface area contributed by atoms with Crippen LogP contribution in [0, 0.1) is 6.92 Å². The summed E-state index contributed by atoms with van der Waals surface area (Å²) in [6, 6.07) is 19.3. The second-order valence-corrected chi connectivity index (χ2v) is 11.9. The maximum atomic E-state index is 12.8. The van der Waals surface area contributed by atoms with Gasteiger partial charge >= 0.3 is 6.36 Å². The van der Waals surface area contributed by atoms with E-state index in [4.69, 9.17) is 0 Å². The molecule has 0 unspecified atom stereocenters. The molecule has 1 saturated heterocycles. The van der Waals surface area contributed by atoms with Gasteiger partial charge in [0.15, 0.2) is 11.0 Å². The highest BCUT2D eigenvalue weighted by Crippen LogP contribution is 2.32. The zero-order valence-electron chi connectivity index (χ0n) is 25.6. The van der Waals surface area contributed by atoms with Gasteiger partial charge in [0.05, 0.1) is 17.1 Å². The average Bonchev–Trinajstić information content (AvgIpc) is 3.65. The van der Waals surface area contributed by atoms with Crippen LogP contribution in [-0.2, 0) is 22.4 Å². The van der Waals surface area contributed by atoms with E-state index in [9.17, 15) is 22.8 Å². The van der Waals surface area contributed by atoms with Crippen molar-refractivity contribution < 1.29 is 27.5 Å². The van der Waals surface area contributed by atoms with Crippen LogP contribution in [0.15, 0.2) is 78.0 Å². The smallest absolute Gasteiger partial charge is 0.406 e. The number of carbonyl (C=O) groups excluding carboxylic acids is 2. The lowest BCUT2D eigenvalue weighted by Crippen LogP contribution is -2.31. The molecule has 0 saturated carbocycles. The van der Waals surface area contributed by atoms with Gasteiger partial charge in [0.1, 0.15) is 12.1 Å². The molecule has 4 aromatic rings. The van der Waals surface area contributed by atoms with Crippen LogP contribution >= 0.6 is 11.8 Å². The van der Waals surface area contributed by atoms with Crippen LogP contribution in [0.25, 0.3) is 17.1 Å². The molecule has 2 heterocycles. The number of halogens is 3. The Balaban J connectivity index is 1.12. The summed E-state index contributed by atoms with van der Waals surface area (Å²) in [6.07, 6.45) is 2.09. The summed E-state index contributed by atoms with van der Waals surface area (Å²) >= 11 is 1.31. The zero-order chi connectivity index (χ0) is 32.7. The predicted octanol–water partition coefficient (Wildman–Crippen LogP) is 7.86. The molecule has 2 amide bonds. The summed E-state index contributed by atoms with van der Waals surface area (Å²) in [5.41, 5.74) is 5.42. The number of thioether (sulfide) groups is 1. The molecule has 12 heteroatoms. The van der Waals surface area contributed by atoms with Crippen molar-refractivity contribution in [3.8, 4) is 22.8 Å². The minimum atomic E-state index is -4.75. The number of aromatic nitrogens is 3. The van der Waals surface area contributed by atoms with Crippen LogP contribution in [0.3, 0.4) is 0 Å². The number of amides is 2. The largest absolute Gasteiger partial charge is 0.573 e. The van der Waals surface area contributed by atoms with Gasteiger partial charge in [-0.25, -0.2) is 9.67 Å². The highest BCUT2D eigenvalue weighted by molar-refractivity contribution is 8.15. The van der Waals surface area contributed by atoms with E-state index >= 15 is 0 Å². The maximum absolute atomic E-state index is 12.8. The number of aliphatic imine (C=N–C) groups is 1. The van der Waals surface area contributed by atoms with Gasteiger partial charge in [0, 0.05) is 12.0 Å². The lowest BCUT2D eigenvalue weighted by atomic mass is 10.0. The van der Waals surface area contributed by atoms with Crippen molar-refractivity contribution in [3.63, 3.8) is 0 Å². The molecule has 0 aliphatic carbocycles. The SMILES string of the molecule is CCCc1ccc(C)cc1N1C(=O)CSC1=NC(=O)CCCCCc1cccc(-c2ncn(-c3ccc(OC(F)(F)F)cc3)n2)c1. The second kappa shape index (κ2) is 14.8. The number of aryl methyl sites for hydroxylation is 3. The molecule has 0 spiro atoms. The molecule has 1 fully saturated rings. The van der Waals surface area contributed by atoms with E-state index in [0.29, 0.717) is 29.5 Å². The van der Waals surface area contributed by atoms with Crippen LogP contribution in [0.2, 0.25) is 0 Å². The summed E-state index contributed by atoms with van der Waals surface area (Å²) in [5, 5.41) is 4.94. The number of rotatable bonds is 12. The molecule has 0 radical (unpaired) electrons. The third kappa shape index (κ3) is 8.63. The van der Waals surface area contributed by atoms with Crippen LogP contribution in [0.5, 0.6) is 5.75 Å². The number of anilines is 1. The summed E-state index contributed by atoms with van der Waals surface area (Å²) in [6.45, 7) is 4.09. The number of alkyl halides is 3. The first-order valence-corrected chi connectivity index (χ1v) is 16.1. The molecule has 3 aromatic carbocycles. The summed E-state index contributed by atoms with van der Waals surface area (Å²) in [5.74, 6) is 0.174. The third-order valence-electron chi connectivity index (χ3n) is 7.35. The molecule has 0 N–H and O–H groups in total. The van der Waals surface area contributed by atoms with Crippen LogP contribution in [-0.4, -0.2) is 43.9 Å². The Hall–Kier alpha value is -4.45. The Kier molecular flexibility index (Phi) is 10.6. The van der Waals surface area contributed by atoms with Gasteiger partial charge in [-0.3, -0.25) is 14.5 Å². The molecule has 1 aliphatic heterocycles. The monoisotopic (exact) mass is 649 g/mol. The van der Waals surface area contributed by atoms with Crippen LogP contribution in [0.1, 0.15) is 55.7 Å². The number of amidine groups is 1. The fraction of sp³-hybridized carbons (Fsp3) is 0.324. The number of hydrogen-bond donors (Lipinski definition) is 0. The minimum absolute atomic E-state index is 0.0580. The van der Waals surface area contributed by atoms with Crippen LogP contribution < -0.4 is 9.64 Å². The minimum Gasteiger partial charge on any atom is -0.406 e. The first-order chi connectivity index (χ1) is 22.1. The van der Waals surface area contributed by atoms with Crippen LogP contribution in [0.4, 0.5) is 18.9 Å². The Bertz CT molecular complexity index is 1720. The number of unbranched alkanes of at least 4 members (excludes halogenated alkanes) is 2. The van der Waals surface area contributed by atoms with E-state index < -0.39 is 6.36 Å². The van der Waals surface area contributed by atoms with Gasteiger partial charge in [-0.2, -0.15) is 4.99 Å². The Morgan fingerprint density at radius 2 is 1.83 bits per heavy atom. The molecular formula is C34H34F3N5O3S. The first kappa shape index (κ1) is 32.9. The van der Waals surface area contributed by atoms with Gasteiger partial charge in [-0.15, -0.1) is 18.3 Å². The molecule has 1 aliphatic rings. The van der Waals surface area contributed by atoms with E-state index in [-0.39, 0.29) is 23.3 Å². The first-order valence-electron chi connectivity index (χ1n) is 15.1. The molecule has 8 nitrogen and oxygen atoms in total. The summed E-state index contributed by atoms with van der Waals surface area (Å²) in [4.78, 5) is 35.8. The van der Waals surface area contributed by atoms with Crippen molar-refractivity contribution in [2.45, 2.75) is 65.2 Å². The highest BCUT2D eigenvalue weighted by Gasteiger charge is 2.32. The molecule has 1 aromatic heterocycles. The molecule has 5 rings (SSSR count). The molecule has 46 heavy (non-hydrogen) atoms. The van der Waals surface area contributed by atoms with E-state index in [1.807, 2.05) is 49.4 Å². The summed E-state index contributed by atoms with van der Waals surface area (Å²) < 4.78 is 42.7. The topological polar surface area (TPSA) is 89.7 Å². The normalized spacial score (nSPS) is 14.3. The maximum Gasteiger partial charge on any atom is 0.573 e. The van der Waals surface area contributed by atoms with Crippen molar-refractivity contribution in [3.05, 3.63) is 89.7 Å². The lowest BCUT2D eigenvalue weighted by Gasteiger charge is -2.20. The zero-order valence-corrected chi connectivity index (χ0v) is 26.4. The van der Waals surface area contributed by atoms with Gasteiger partial charge in [-0.1, -0.05) is 61.9 Å². The van der Waals surface area contributed by atoms with Crippen molar-refractivity contribution in [2.75, 3.05) is 10.7 Å². The van der Waals surface area contributed by atoms with Gasteiger partial charge < -0.3 is 4.74 Å². The van der Waals surface area contributed by atoms with Gasteiger partial charge in [0.25, 0.3) is 0 Å². The van der Waals surface area contributed by atoms with E-state index in [0.717, 1.165) is 60.0 Å². The van der Waals surface area contributed by atoms with E-state index in [2.05, 4.69) is 26.7 Å². The van der Waals surface area contributed by atoms with Gasteiger partial charge in [0.2, 0.25) is 11.8 Å². The lowest BCUT2D eigenvalue weighted by molar-refractivity contribution is -0.274. The van der Waals surface area contributed by atoms with Gasteiger partial charge in [-0.05, 0) is 85.7 Å². The fourth-order valence-corrected chi connectivity index (χ4v) is 6.05. The van der Waals surface area contributed by atoms with E-state index in [1.165, 1.54) is 47.0 Å². The highest BCUT2D eigenvalue weighted by atomic mass is 32.2. The third-order valence-corrected chi connectivity index (χ3v) is 8.28. The Morgan fingerprint density at radius 1 is 1.02 bits per heavy atom. The Labute approximate surface area is 269 Å². The average molecular weight is 650 g/mol. The van der Waals surface area contributed by atoms with Crippen molar-refractivity contribution in [1.82, 2.24) is 14.8 Å². The molecule has 240 valence electrons. The number of nitrogens with zero attached hydrogens (tertiary/aromatic N) is 5. The van der Waals surface area contributed by atoms with Crippen molar-refractivity contribution >= 4 is 34.4 Å². The number of ether oxygens (including phenoxy) is 1. The predicted molar refractivity (Wildman–Crippen MR) is 173 cm³/mol. The summed E-state index contributed by atoms with van der Waals surface area (Å²) in [7, 11) is 0. The second-order valence-electron chi connectivity index (χ2n) is 11.0. The fourth-order valence-electron chi connectivity index (χ4n) is 5.18. The van der Waals surface area contributed by atoms with Crippen molar-refractivity contribution in [2.24, 2.45) is 4.99 Å². The number of hydrogen-bond acceptors (Lipinski definition) is 6. The number of benzene rings is 3. The Morgan fingerprint density at radius 3 is 2.59 bits per heavy atom. The van der Waals surface area contributed by atoms with E-state index in [1.54, 1.807) is 4.90 Å². The standard InChI is InChI=1S/C34H34F3N5O3S/c1-3-8-25-14-13-23(2)19-29(25)42-31(44)21-46-33(42)39-30(43)12-6-4-5-9-24-10-7-11-26(20-24)32-38-22-41(40-32)27-15-17-28(18-16-27)45-34(35,36)37/h7,10-11,13-20,22H,3-6,8-9,12,21H2,1-2H3. The quantitative estimate of drug-likeness (QED) is 0.145. The molecular weight excluding hydrogens is 615 g/mol. The van der Waals surface area contributed by atoms with Crippen molar-refractivity contribution in [1.29, 1.82) is 0 Å². The molecule has 0 atom stereocenters.